The average molecular weight is 271 g/mol. The first-order valence-electron chi connectivity index (χ1n) is 5.68. The minimum Gasteiger partial charge on any atom is -0.480 e. The van der Waals surface area contributed by atoms with Gasteiger partial charge in [0.2, 0.25) is 0 Å². The highest BCUT2D eigenvalue weighted by Crippen LogP contribution is 2.12. The van der Waals surface area contributed by atoms with E-state index in [4.69, 9.17) is 16.7 Å². The molecule has 1 amide bonds. The Balaban J connectivity index is 2.90. The van der Waals surface area contributed by atoms with Crippen molar-refractivity contribution in [2.45, 2.75) is 32.7 Å². The van der Waals surface area contributed by atoms with Gasteiger partial charge in [-0.15, -0.1) is 0 Å². The molecule has 0 unspecified atom stereocenters. The van der Waals surface area contributed by atoms with Crippen molar-refractivity contribution in [3.8, 4) is 0 Å². The number of aromatic nitrogens is 1. The van der Waals surface area contributed by atoms with Crippen molar-refractivity contribution in [3.05, 3.63) is 28.5 Å². The summed E-state index contributed by atoms with van der Waals surface area (Å²) in [6.45, 7) is 3.59. The average Bonchev–Trinajstić information content (AvgIpc) is 2.34. The lowest BCUT2D eigenvalue weighted by molar-refractivity contribution is -0.139. The van der Waals surface area contributed by atoms with Crippen LogP contribution in [0.25, 0.3) is 0 Å². The number of nitrogens with one attached hydrogen (secondary N) is 1. The lowest BCUT2D eigenvalue weighted by Crippen LogP contribution is -2.40. The molecule has 0 saturated carbocycles. The van der Waals surface area contributed by atoms with E-state index in [9.17, 15) is 9.59 Å². The minimum absolute atomic E-state index is 0.225. The lowest BCUT2D eigenvalue weighted by Gasteiger charge is -2.12. The Labute approximate surface area is 110 Å². The van der Waals surface area contributed by atoms with E-state index in [0.717, 1.165) is 0 Å². The SMILES string of the molecule is CCc1cc(C(=O)N[C@@H](CC)C(=O)O)cc(Cl)n1. The van der Waals surface area contributed by atoms with E-state index < -0.39 is 17.9 Å². The molecular weight excluding hydrogens is 256 g/mol. The van der Waals surface area contributed by atoms with Gasteiger partial charge in [-0.3, -0.25) is 4.79 Å². The van der Waals surface area contributed by atoms with Gasteiger partial charge in [0.1, 0.15) is 11.2 Å². The predicted octanol–water partition coefficient (Wildman–Crippen LogP) is 1.89. The molecule has 18 heavy (non-hydrogen) atoms. The fraction of sp³-hybridized carbons (Fsp3) is 0.417. The number of amides is 1. The molecule has 6 heteroatoms. The largest absolute Gasteiger partial charge is 0.480 e. The van der Waals surface area contributed by atoms with Crippen molar-refractivity contribution >= 4 is 23.5 Å². The predicted molar refractivity (Wildman–Crippen MR) is 67.8 cm³/mol. The van der Waals surface area contributed by atoms with Gasteiger partial charge in [-0.25, -0.2) is 9.78 Å². The van der Waals surface area contributed by atoms with E-state index >= 15 is 0 Å². The molecule has 0 saturated heterocycles. The molecule has 1 aromatic heterocycles. The summed E-state index contributed by atoms with van der Waals surface area (Å²) in [5, 5.41) is 11.5. The van der Waals surface area contributed by atoms with Crippen LogP contribution >= 0.6 is 11.6 Å². The number of rotatable bonds is 5. The first-order chi connectivity index (χ1) is 8.47. The molecule has 0 aliphatic carbocycles. The Kier molecular flexibility index (Phi) is 5.09. The van der Waals surface area contributed by atoms with Gasteiger partial charge in [0.25, 0.3) is 5.91 Å². The molecule has 0 aliphatic rings. The third-order valence-corrected chi connectivity index (χ3v) is 2.68. The molecule has 0 spiro atoms. The molecule has 0 fully saturated rings. The van der Waals surface area contributed by atoms with Crippen molar-refractivity contribution in [2.24, 2.45) is 0 Å². The zero-order valence-electron chi connectivity index (χ0n) is 10.2. The zero-order valence-corrected chi connectivity index (χ0v) is 11.0. The fourth-order valence-corrected chi connectivity index (χ4v) is 1.67. The Morgan fingerprint density at radius 2 is 2.11 bits per heavy atom. The van der Waals surface area contributed by atoms with Crippen LogP contribution in [-0.4, -0.2) is 28.0 Å². The summed E-state index contributed by atoms with van der Waals surface area (Å²) in [6.07, 6.45) is 0.970. The van der Waals surface area contributed by atoms with Crippen LogP contribution in [-0.2, 0) is 11.2 Å². The van der Waals surface area contributed by atoms with Gasteiger partial charge in [0, 0.05) is 11.3 Å². The maximum absolute atomic E-state index is 11.9. The van der Waals surface area contributed by atoms with Gasteiger partial charge < -0.3 is 10.4 Å². The van der Waals surface area contributed by atoms with Crippen molar-refractivity contribution in [3.63, 3.8) is 0 Å². The molecule has 0 aromatic carbocycles. The molecule has 5 nitrogen and oxygen atoms in total. The number of aryl methyl sites for hydroxylation is 1. The molecule has 1 aromatic rings. The van der Waals surface area contributed by atoms with Crippen LogP contribution in [0.2, 0.25) is 5.15 Å². The zero-order chi connectivity index (χ0) is 13.7. The highest BCUT2D eigenvalue weighted by atomic mass is 35.5. The van der Waals surface area contributed by atoms with Crippen LogP contribution in [0.5, 0.6) is 0 Å². The summed E-state index contributed by atoms with van der Waals surface area (Å²) in [6, 6.07) is 2.13. The van der Waals surface area contributed by atoms with Crippen molar-refractivity contribution in [2.75, 3.05) is 0 Å². The molecule has 0 radical (unpaired) electrons. The first-order valence-corrected chi connectivity index (χ1v) is 6.05. The number of pyridine rings is 1. The number of halogens is 1. The first kappa shape index (κ1) is 14.4. The minimum atomic E-state index is -1.05. The Bertz CT molecular complexity index is 463. The summed E-state index contributed by atoms with van der Waals surface area (Å²) in [4.78, 5) is 26.8. The van der Waals surface area contributed by atoms with Crippen LogP contribution < -0.4 is 5.32 Å². The van der Waals surface area contributed by atoms with E-state index in [0.29, 0.717) is 24.1 Å². The van der Waals surface area contributed by atoms with E-state index in [2.05, 4.69) is 10.3 Å². The third kappa shape index (κ3) is 3.70. The number of carboxylic acids is 1. The molecule has 2 N–H and O–H groups in total. The molecular formula is C12H15ClN2O3. The summed E-state index contributed by atoms with van der Waals surface area (Å²) in [7, 11) is 0. The molecule has 1 heterocycles. The molecule has 0 aliphatic heterocycles. The van der Waals surface area contributed by atoms with Crippen LogP contribution in [0, 0.1) is 0 Å². The van der Waals surface area contributed by atoms with Gasteiger partial charge in [-0.2, -0.15) is 0 Å². The number of carbonyl (C=O) groups excluding carboxylic acids is 1. The molecule has 98 valence electrons. The van der Waals surface area contributed by atoms with Crippen LogP contribution in [0.4, 0.5) is 0 Å². The molecule has 0 bridgehead atoms. The maximum Gasteiger partial charge on any atom is 0.326 e. The van der Waals surface area contributed by atoms with Crippen LogP contribution in [0.1, 0.15) is 36.3 Å². The van der Waals surface area contributed by atoms with Crippen molar-refractivity contribution in [1.82, 2.24) is 10.3 Å². The third-order valence-electron chi connectivity index (χ3n) is 2.48. The van der Waals surface area contributed by atoms with Gasteiger partial charge >= 0.3 is 5.97 Å². The van der Waals surface area contributed by atoms with Crippen molar-refractivity contribution in [1.29, 1.82) is 0 Å². The van der Waals surface area contributed by atoms with Gasteiger partial charge in [-0.1, -0.05) is 25.4 Å². The Hall–Kier alpha value is -1.62. The number of hydrogen-bond acceptors (Lipinski definition) is 3. The Morgan fingerprint density at radius 3 is 2.61 bits per heavy atom. The summed E-state index contributed by atoms with van der Waals surface area (Å²) in [5.74, 6) is -1.51. The van der Waals surface area contributed by atoms with Crippen molar-refractivity contribution < 1.29 is 14.7 Å². The normalized spacial score (nSPS) is 11.9. The number of nitrogens with zero attached hydrogens (tertiary/aromatic N) is 1. The number of hydrogen-bond donors (Lipinski definition) is 2. The quantitative estimate of drug-likeness (QED) is 0.801. The van der Waals surface area contributed by atoms with E-state index in [1.165, 1.54) is 6.07 Å². The summed E-state index contributed by atoms with van der Waals surface area (Å²) >= 11 is 5.80. The monoisotopic (exact) mass is 270 g/mol. The standard InChI is InChI=1S/C12H15ClN2O3/c1-3-8-5-7(6-10(13)14-8)11(16)15-9(4-2)12(17)18/h5-6,9H,3-4H2,1-2H3,(H,15,16)(H,17,18)/t9-/m0/s1. The topological polar surface area (TPSA) is 79.3 Å². The highest BCUT2D eigenvalue weighted by molar-refractivity contribution is 6.29. The number of carboxylic acid groups (broad SMARTS) is 1. The number of carbonyl (C=O) groups is 2. The molecule has 1 atom stereocenters. The fourth-order valence-electron chi connectivity index (χ4n) is 1.44. The van der Waals surface area contributed by atoms with Gasteiger partial charge in [-0.05, 0) is 25.0 Å². The smallest absolute Gasteiger partial charge is 0.326 e. The van der Waals surface area contributed by atoms with Crippen LogP contribution in [0.15, 0.2) is 12.1 Å². The maximum atomic E-state index is 11.9. The lowest BCUT2D eigenvalue weighted by atomic mass is 10.1. The van der Waals surface area contributed by atoms with E-state index in [-0.39, 0.29) is 5.15 Å². The Morgan fingerprint density at radius 1 is 1.44 bits per heavy atom. The van der Waals surface area contributed by atoms with Gasteiger partial charge in [0.05, 0.1) is 0 Å². The van der Waals surface area contributed by atoms with E-state index in [1.807, 2.05) is 6.92 Å². The number of aliphatic carboxylic acids is 1. The highest BCUT2D eigenvalue weighted by Gasteiger charge is 2.19. The van der Waals surface area contributed by atoms with Crippen LogP contribution in [0.3, 0.4) is 0 Å². The van der Waals surface area contributed by atoms with Gasteiger partial charge in [0.15, 0.2) is 0 Å². The second kappa shape index (κ2) is 6.35. The second-order valence-corrected chi connectivity index (χ2v) is 4.18. The molecule has 1 rings (SSSR count). The summed E-state index contributed by atoms with van der Waals surface area (Å²) in [5.41, 5.74) is 1.02. The van der Waals surface area contributed by atoms with E-state index in [1.54, 1.807) is 13.0 Å². The second-order valence-electron chi connectivity index (χ2n) is 3.80. The summed E-state index contributed by atoms with van der Waals surface area (Å²) < 4.78 is 0.